The molecule has 3 N–H and O–H groups in total. The number of aliphatic carboxylic acids is 1. The number of carboxylic acid groups (broad SMARTS) is 1. The number of fused-ring (bicyclic) bond motifs is 2. The zero-order valence-corrected chi connectivity index (χ0v) is 26.8. The lowest BCUT2D eigenvalue weighted by molar-refractivity contribution is -0.152. The molecule has 5 aromatic rings. The summed E-state index contributed by atoms with van der Waals surface area (Å²) in [5.74, 6) is -0.695. The third-order valence-electron chi connectivity index (χ3n) is 8.83. The van der Waals surface area contributed by atoms with Gasteiger partial charge >= 0.3 is 11.9 Å². The molecule has 0 amide bonds. The number of aryl methyl sites for hydroxylation is 1. The largest absolute Gasteiger partial charge is 0.494 e. The van der Waals surface area contributed by atoms with E-state index in [4.69, 9.17) is 25.2 Å². The minimum atomic E-state index is -2.53. The molecule has 0 spiro atoms. The summed E-state index contributed by atoms with van der Waals surface area (Å²) in [4.78, 5) is 38.3. The quantitative estimate of drug-likeness (QED) is 0.102. The highest BCUT2D eigenvalue weighted by atomic mass is 19.1. The number of nitrogens with two attached hydrogens (primary N) is 1. The number of halogens is 1. The Morgan fingerprint density at radius 2 is 1.87 bits per heavy atom. The molecule has 1 saturated carbocycles. The molecule has 1 unspecified atom stereocenters. The van der Waals surface area contributed by atoms with Crippen molar-refractivity contribution >= 4 is 34.0 Å². The number of carbonyl (C=O) groups is 2. The number of imidazole rings is 1. The molecule has 6 rings (SSSR count). The summed E-state index contributed by atoms with van der Waals surface area (Å²) >= 11 is 0. The van der Waals surface area contributed by atoms with Gasteiger partial charge in [-0.25, -0.2) is 23.9 Å². The standard InChI is InChI=1S/C35H39FN6O5/c1-21(37)25-14-11-22-19-27(32-40-26-18-23(33(43)47-3)20-28(46-2)30(26)42(32)24-12-13-24)41(31(22)39-25)17-9-5-4-7-15-35(36,34(44)45)29-10-6-8-16-38-29/h6,8,10-11,14,16,18-21,24H,4-5,7,9,12-13,15,17,37H2,1-3H3,(H,44,45)/t21-,35?/m1/s1. The van der Waals surface area contributed by atoms with Gasteiger partial charge in [0.2, 0.25) is 5.67 Å². The Kier molecular flexibility index (Phi) is 8.96. The van der Waals surface area contributed by atoms with E-state index in [0.717, 1.165) is 59.4 Å². The second kappa shape index (κ2) is 13.1. The van der Waals surface area contributed by atoms with Crippen LogP contribution in [0.4, 0.5) is 4.39 Å². The molecule has 12 heteroatoms. The van der Waals surface area contributed by atoms with Gasteiger partial charge in [0.25, 0.3) is 0 Å². The molecule has 1 aliphatic rings. The molecule has 1 fully saturated rings. The van der Waals surface area contributed by atoms with Crippen LogP contribution in [0, 0.1) is 0 Å². The number of nitrogens with zero attached hydrogens (tertiary/aromatic N) is 5. The maximum absolute atomic E-state index is 15.5. The molecule has 1 aliphatic carbocycles. The summed E-state index contributed by atoms with van der Waals surface area (Å²) in [5.41, 5.74) is 7.85. The predicted molar refractivity (Wildman–Crippen MR) is 175 cm³/mol. The number of alkyl halides is 1. The second-order valence-electron chi connectivity index (χ2n) is 12.2. The van der Waals surface area contributed by atoms with E-state index >= 15 is 4.39 Å². The van der Waals surface area contributed by atoms with Crippen LogP contribution in [0.25, 0.3) is 33.6 Å². The van der Waals surface area contributed by atoms with E-state index in [9.17, 15) is 14.7 Å². The number of hydrogen-bond donors (Lipinski definition) is 2. The van der Waals surface area contributed by atoms with Crippen LogP contribution >= 0.6 is 0 Å². The Hall–Kier alpha value is -4.84. The molecule has 4 aromatic heterocycles. The SMILES string of the molecule is COC(=O)c1cc(OC)c2c(c1)nc(-c1cc3ccc([C@@H](C)N)nc3n1CCCCCCC(F)(C(=O)O)c1ccccn1)n2C1CC1. The fraction of sp³-hybridized carbons (Fsp3) is 0.400. The van der Waals surface area contributed by atoms with Gasteiger partial charge in [0.05, 0.1) is 42.4 Å². The van der Waals surface area contributed by atoms with Gasteiger partial charge in [-0.3, -0.25) is 4.98 Å². The van der Waals surface area contributed by atoms with Gasteiger partial charge in [-0.05, 0) is 81.5 Å². The van der Waals surface area contributed by atoms with Gasteiger partial charge < -0.3 is 29.4 Å². The van der Waals surface area contributed by atoms with Crippen molar-refractivity contribution in [3.63, 3.8) is 0 Å². The van der Waals surface area contributed by atoms with Gasteiger partial charge in [0, 0.05) is 30.2 Å². The maximum atomic E-state index is 15.5. The highest BCUT2D eigenvalue weighted by Crippen LogP contribution is 2.45. The first-order valence-corrected chi connectivity index (χ1v) is 15.9. The van der Waals surface area contributed by atoms with Crippen molar-refractivity contribution in [2.24, 2.45) is 5.73 Å². The van der Waals surface area contributed by atoms with Crippen molar-refractivity contribution < 1.29 is 28.6 Å². The highest BCUT2D eigenvalue weighted by molar-refractivity contribution is 5.97. The number of methoxy groups -OCH3 is 2. The van der Waals surface area contributed by atoms with Crippen LogP contribution in [0.1, 0.15) is 85.7 Å². The van der Waals surface area contributed by atoms with Crippen molar-refractivity contribution in [2.75, 3.05) is 14.2 Å². The predicted octanol–water partition coefficient (Wildman–Crippen LogP) is 6.50. The summed E-state index contributed by atoms with van der Waals surface area (Å²) in [7, 11) is 2.92. The molecular weight excluding hydrogens is 603 g/mol. The van der Waals surface area contributed by atoms with Gasteiger partial charge in [-0.2, -0.15) is 0 Å². The van der Waals surface area contributed by atoms with Crippen molar-refractivity contribution in [2.45, 2.75) is 76.2 Å². The molecule has 0 radical (unpaired) electrons. The number of hydrogen-bond acceptors (Lipinski definition) is 8. The van der Waals surface area contributed by atoms with Gasteiger partial charge in [-0.1, -0.05) is 18.9 Å². The zero-order chi connectivity index (χ0) is 33.3. The van der Waals surface area contributed by atoms with Gasteiger partial charge in [0.15, 0.2) is 5.82 Å². The molecular formula is C35H39FN6O5. The molecule has 0 bridgehead atoms. The van der Waals surface area contributed by atoms with E-state index in [-0.39, 0.29) is 24.2 Å². The summed E-state index contributed by atoms with van der Waals surface area (Å²) in [6.07, 6.45) is 5.78. The van der Waals surface area contributed by atoms with Crippen LogP contribution < -0.4 is 10.5 Å². The fourth-order valence-corrected chi connectivity index (χ4v) is 6.20. The number of ether oxygens (including phenoxy) is 2. The van der Waals surface area contributed by atoms with Gasteiger partial charge in [0.1, 0.15) is 16.9 Å². The number of unbranched alkanes of at least 4 members (excludes halogenated alkanes) is 3. The lowest BCUT2D eigenvalue weighted by atomic mass is 9.93. The molecule has 1 aromatic carbocycles. The Labute approximate surface area is 271 Å². The first kappa shape index (κ1) is 32.1. The molecule has 0 aliphatic heterocycles. The molecule has 47 heavy (non-hydrogen) atoms. The van der Waals surface area contributed by atoms with Gasteiger partial charge in [-0.15, -0.1) is 0 Å². The zero-order valence-electron chi connectivity index (χ0n) is 26.8. The number of carboxylic acids is 1. The lowest BCUT2D eigenvalue weighted by Crippen LogP contribution is -2.31. The molecule has 246 valence electrons. The number of benzene rings is 1. The van der Waals surface area contributed by atoms with E-state index in [0.29, 0.717) is 36.2 Å². The summed E-state index contributed by atoms with van der Waals surface area (Å²) in [6, 6.07) is 14.1. The number of esters is 1. The van der Waals surface area contributed by atoms with Crippen LogP contribution in [-0.2, 0) is 21.7 Å². The average molecular weight is 643 g/mol. The smallest absolute Gasteiger partial charge is 0.347 e. The minimum Gasteiger partial charge on any atom is -0.494 e. The van der Waals surface area contributed by atoms with Crippen LogP contribution in [0.2, 0.25) is 0 Å². The van der Waals surface area contributed by atoms with E-state index in [1.54, 1.807) is 31.4 Å². The molecule has 4 heterocycles. The maximum Gasteiger partial charge on any atom is 0.347 e. The topological polar surface area (TPSA) is 147 Å². The molecule has 11 nitrogen and oxygen atoms in total. The summed E-state index contributed by atoms with van der Waals surface area (Å²) in [6.45, 7) is 2.50. The fourth-order valence-electron chi connectivity index (χ4n) is 6.20. The minimum absolute atomic E-state index is 0.0825. The van der Waals surface area contributed by atoms with Crippen molar-refractivity contribution in [1.29, 1.82) is 0 Å². The van der Waals surface area contributed by atoms with E-state index in [2.05, 4.69) is 20.2 Å². The second-order valence-corrected chi connectivity index (χ2v) is 12.2. The summed E-state index contributed by atoms with van der Waals surface area (Å²) in [5, 5.41) is 10.6. The van der Waals surface area contributed by atoms with Crippen LogP contribution in [0.15, 0.2) is 54.7 Å². The Morgan fingerprint density at radius 3 is 2.53 bits per heavy atom. The van der Waals surface area contributed by atoms with E-state index < -0.39 is 17.6 Å². The lowest BCUT2D eigenvalue weighted by Gasteiger charge is -2.20. The number of carbonyl (C=O) groups excluding carboxylic acids is 1. The summed E-state index contributed by atoms with van der Waals surface area (Å²) < 4.78 is 30.6. The normalized spacial score (nSPS) is 15.1. The van der Waals surface area contributed by atoms with E-state index in [1.165, 1.54) is 19.4 Å². The van der Waals surface area contributed by atoms with Crippen LogP contribution in [-0.4, -0.2) is 55.4 Å². The first-order chi connectivity index (χ1) is 22.7. The Bertz CT molecular complexity index is 1930. The number of aromatic nitrogens is 5. The molecule has 0 saturated heterocycles. The van der Waals surface area contributed by atoms with Crippen molar-refractivity contribution in [3.05, 3.63) is 71.7 Å². The van der Waals surface area contributed by atoms with Crippen molar-refractivity contribution in [3.8, 4) is 17.3 Å². The third-order valence-corrected chi connectivity index (χ3v) is 8.83. The first-order valence-electron chi connectivity index (χ1n) is 15.9. The van der Waals surface area contributed by atoms with Crippen LogP contribution in [0.3, 0.4) is 0 Å². The third kappa shape index (κ3) is 6.17. The molecule has 2 atom stereocenters. The number of rotatable bonds is 14. The number of pyridine rings is 2. The average Bonchev–Trinajstić information content (AvgIpc) is 3.75. The highest BCUT2D eigenvalue weighted by Gasteiger charge is 2.41. The van der Waals surface area contributed by atoms with Crippen LogP contribution in [0.5, 0.6) is 5.75 Å². The Balaban J connectivity index is 1.31. The van der Waals surface area contributed by atoms with E-state index in [1.807, 2.05) is 19.1 Å². The monoisotopic (exact) mass is 642 g/mol. The Morgan fingerprint density at radius 1 is 1.09 bits per heavy atom. The van der Waals surface area contributed by atoms with Crippen molar-refractivity contribution in [1.82, 2.24) is 24.1 Å².